The van der Waals surface area contributed by atoms with Crippen LogP contribution in [0.1, 0.15) is 27.2 Å². The van der Waals surface area contributed by atoms with Gasteiger partial charge in [0.25, 0.3) is 0 Å². The third-order valence-electron chi connectivity index (χ3n) is 3.58. The van der Waals surface area contributed by atoms with Gasteiger partial charge in [0.15, 0.2) is 5.78 Å². The van der Waals surface area contributed by atoms with Crippen molar-refractivity contribution in [3.8, 4) is 0 Å². The molecule has 0 saturated heterocycles. The Balaban J connectivity index is 3.22. The van der Waals surface area contributed by atoms with Crippen LogP contribution in [0.4, 0.5) is 0 Å². The highest BCUT2D eigenvalue weighted by Gasteiger charge is 2.47. The summed E-state index contributed by atoms with van der Waals surface area (Å²) < 4.78 is 0. The lowest BCUT2D eigenvalue weighted by molar-refractivity contribution is -0.131. The second kappa shape index (κ2) is 5.73. The molecule has 1 aliphatic rings. The van der Waals surface area contributed by atoms with Crippen LogP contribution in [-0.2, 0) is 9.59 Å². The molecule has 1 atom stereocenters. The van der Waals surface area contributed by atoms with Crippen molar-refractivity contribution in [2.75, 3.05) is 6.61 Å². The van der Waals surface area contributed by atoms with E-state index >= 15 is 0 Å². The molecule has 5 heteroatoms. The quantitative estimate of drug-likeness (QED) is 0.531. The molecule has 0 aromatic heterocycles. The van der Waals surface area contributed by atoms with Crippen LogP contribution in [0, 0.1) is 5.41 Å². The van der Waals surface area contributed by atoms with Crippen LogP contribution in [-0.4, -0.2) is 39.3 Å². The topological polar surface area (TPSA) is 94.8 Å². The molecule has 3 N–H and O–H groups in total. The van der Waals surface area contributed by atoms with E-state index in [4.69, 9.17) is 5.11 Å². The fourth-order valence-electron chi connectivity index (χ4n) is 2.35. The Bertz CT molecular complexity index is 510. The van der Waals surface area contributed by atoms with E-state index in [0.717, 1.165) is 6.08 Å². The number of rotatable bonds is 4. The molecule has 20 heavy (non-hydrogen) atoms. The molecule has 0 bridgehead atoms. The zero-order chi connectivity index (χ0) is 15.6. The first kappa shape index (κ1) is 16.3. The van der Waals surface area contributed by atoms with Crippen molar-refractivity contribution in [2.24, 2.45) is 5.41 Å². The predicted molar refractivity (Wildman–Crippen MR) is 74.1 cm³/mol. The van der Waals surface area contributed by atoms with Gasteiger partial charge >= 0.3 is 5.97 Å². The van der Waals surface area contributed by atoms with Gasteiger partial charge in [-0.15, -0.1) is 0 Å². The summed E-state index contributed by atoms with van der Waals surface area (Å²) in [6, 6.07) is 0. The van der Waals surface area contributed by atoms with E-state index in [-0.39, 0.29) is 17.8 Å². The Labute approximate surface area is 117 Å². The van der Waals surface area contributed by atoms with Crippen LogP contribution in [0.2, 0.25) is 0 Å². The van der Waals surface area contributed by atoms with Crippen LogP contribution in [0.15, 0.2) is 35.5 Å². The minimum atomic E-state index is -1.48. The first-order valence-corrected chi connectivity index (χ1v) is 6.30. The largest absolute Gasteiger partial charge is 0.478 e. The summed E-state index contributed by atoms with van der Waals surface area (Å²) in [5, 5.41) is 28.8. The smallest absolute Gasteiger partial charge is 0.328 e. The van der Waals surface area contributed by atoms with Crippen molar-refractivity contribution in [2.45, 2.75) is 32.8 Å². The highest BCUT2D eigenvalue weighted by molar-refractivity contribution is 5.93. The lowest BCUT2D eigenvalue weighted by atomic mass is 9.64. The minimum Gasteiger partial charge on any atom is -0.478 e. The molecular weight excluding hydrogens is 260 g/mol. The second-order valence-electron chi connectivity index (χ2n) is 5.68. The van der Waals surface area contributed by atoms with Crippen molar-refractivity contribution in [1.82, 2.24) is 0 Å². The first-order chi connectivity index (χ1) is 9.12. The maximum atomic E-state index is 11.6. The summed E-state index contributed by atoms with van der Waals surface area (Å²) >= 11 is 0. The van der Waals surface area contributed by atoms with Gasteiger partial charge in [0, 0.05) is 17.9 Å². The summed E-state index contributed by atoms with van der Waals surface area (Å²) in [4.78, 5) is 22.2. The molecule has 0 aromatic rings. The molecule has 1 aliphatic carbocycles. The maximum Gasteiger partial charge on any atom is 0.328 e. The Morgan fingerprint density at radius 1 is 1.45 bits per heavy atom. The maximum absolute atomic E-state index is 11.6. The summed E-state index contributed by atoms with van der Waals surface area (Å²) in [5.41, 5.74) is -1.59. The van der Waals surface area contributed by atoms with E-state index in [1.54, 1.807) is 20.8 Å². The van der Waals surface area contributed by atoms with E-state index in [1.807, 2.05) is 0 Å². The number of carboxylic acids is 1. The van der Waals surface area contributed by atoms with Gasteiger partial charge in [-0.3, -0.25) is 4.79 Å². The molecule has 0 saturated carbocycles. The Hall–Kier alpha value is -1.72. The molecule has 0 heterocycles. The van der Waals surface area contributed by atoms with Crippen LogP contribution in [0.25, 0.3) is 0 Å². The summed E-state index contributed by atoms with van der Waals surface area (Å²) in [5.74, 6) is -1.22. The molecule has 0 fully saturated rings. The number of aliphatic hydroxyl groups is 2. The van der Waals surface area contributed by atoms with Crippen LogP contribution in [0.5, 0.6) is 0 Å². The van der Waals surface area contributed by atoms with Gasteiger partial charge in [0.05, 0.1) is 6.61 Å². The fraction of sp³-hybridized carbons (Fsp3) is 0.467. The number of aliphatic carboxylic acids is 1. The molecular formula is C15H20O5. The van der Waals surface area contributed by atoms with Gasteiger partial charge in [-0.1, -0.05) is 19.9 Å². The van der Waals surface area contributed by atoms with E-state index in [1.165, 1.54) is 18.2 Å². The number of carboxylic acid groups (broad SMARTS) is 1. The molecule has 0 spiro atoms. The predicted octanol–water partition coefficient (Wildman–Crippen LogP) is 1.22. The number of hydrogen-bond acceptors (Lipinski definition) is 4. The Morgan fingerprint density at radius 3 is 2.55 bits per heavy atom. The van der Waals surface area contributed by atoms with Gasteiger partial charge in [0.2, 0.25) is 0 Å². The van der Waals surface area contributed by atoms with Crippen molar-refractivity contribution < 1.29 is 24.9 Å². The van der Waals surface area contributed by atoms with Crippen LogP contribution in [0.3, 0.4) is 0 Å². The van der Waals surface area contributed by atoms with E-state index in [2.05, 4.69) is 0 Å². The molecule has 5 nitrogen and oxygen atoms in total. The molecule has 0 unspecified atom stereocenters. The van der Waals surface area contributed by atoms with Crippen molar-refractivity contribution in [1.29, 1.82) is 0 Å². The molecule has 0 aromatic carbocycles. The molecule has 1 rings (SSSR count). The second-order valence-corrected chi connectivity index (χ2v) is 5.68. The van der Waals surface area contributed by atoms with Gasteiger partial charge in [-0.2, -0.15) is 0 Å². The number of aliphatic hydroxyl groups excluding tert-OH is 1. The summed E-state index contributed by atoms with van der Waals surface area (Å²) in [7, 11) is 0. The van der Waals surface area contributed by atoms with Crippen molar-refractivity contribution in [3.05, 3.63) is 35.5 Å². The molecule has 0 amide bonds. The Kier molecular flexibility index (Phi) is 4.68. The number of allylic oxidation sites excluding steroid dienone is 3. The van der Waals surface area contributed by atoms with Crippen molar-refractivity contribution >= 4 is 11.8 Å². The lowest BCUT2D eigenvalue weighted by Crippen LogP contribution is -2.49. The van der Waals surface area contributed by atoms with E-state index in [0.29, 0.717) is 5.57 Å². The monoisotopic (exact) mass is 280 g/mol. The average molecular weight is 280 g/mol. The summed E-state index contributed by atoms with van der Waals surface area (Å²) in [6.07, 6.45) is 5.35. The van der Waals surface area contributed by atoms with Gasteiger partial charge in [0.1, 0.15) is 5.60 Å². The average Bonchev–Trinajstić information content (AvgIpc) is 2.30. The normalized spacial score (nSPS) is 26.8. The number of carbonyl (C=O) groups excluding carboxylic acids is 1. The third-order valence-corrected chi connectivity index (χ3v) is 3.58. The third kappa shape index (κ3) is 3.23. The number of hydrogen-bond donors (Lipinski definition) is 3. The zero-order valence-corrected chi connectivity index (χ0v) is 11.9. The van der Waals surface area contributed by atoms with Gasteiger partial charge in [-0.05, 0) is 30.2 Å². The highest BCUT2D eigenvalue weighted by atomic mass is 16.4. The number of carbonyl (C=O) groups is 2. The van der Waals surface area contributed by atoms with Crippen LogP contribution >= 0.6 is 0 Å². The fourth-order valence-corrected chi connectivity index (χ4v) is 2.35. The standard InChI is InChI=1S/C15H20O5/c1-10(6-13(18)19)4-5-15(20)11(9-16)7-12(17)8-14(15,2)3/h4-7,16,20H,8-9H2,1-3H3,(H,18,19)/b5-4+,10-6-/t15-/m1/s1. The van der Waals surface area contributed by atoms with E-state index in [9.17, 15) is 19.8 Å². The van der Waals surface area contributed by atoms with E-state index < -0.39 is 23.6 Å². The number of ketones is 1. The zero-order valence-electron chi connectivity index (χ0n) is 11.9. The molecule has 110 valence electrons. The lowest BCUT2D eigenvalue weighted by Gasteiger charge is -2.44. The van der Waals surface area contributed by atoms with Crippen molar-refractivity contribution in [3.63, 3.8) is 0 Å². The summed E-state index contributed by atoms with van der Waals surface area (Å²) in [6.45, 7) is 4.62. The molecule has 0 aliphatic heterocycles. The highest BCUT2D eigenvalue weighted by Crippen LogP contribution is 2.44. The first-order valence-electron chi connectivity index (χ1n) is 6.30. The minimum absolute atomic E-state index is 0.144. The van der Waals surface area contributed by atoms with Crippen LogP contribution < -0.4 is 0 Å². The SMILES string of the molecule is CC(=C/C(=O)O)/C=C/[C@@]1(O)C(CO)=CC(=O)CC1(C)C. The van der Waals surface area contributed by atoms with Gasteiger partial charge in [-0.25, -0.2) is 4.79 Å². The van der Waals surface area contributed by atoms with Gasteiger partial charge < -0.3 is 15.3 Å². The Morgan fingerprint density at radius 2 is 2.05 bits per heavy atom. The molecule has 0 radical (unpaired) electrons.